The second kappa shape index (κ2) is 9.26. The van der Waals surface area contributed by atoms with Gasteiger partial charge in [-0.05, 0) is 44.2 Å². The highest BCUT2D eigenvalue weighted by molar-refractivity contribution is 7.99. The summed E-state index contributed by atoms with van der Waals surface area (Å²) in [6.07, 6.45) is 4.20. The topological polar surface area (TPSA) is 70.5 Å². The van der Waals surface area contributed by atoms with Crippen molar-refractivity contribution in [1.82, 2.24) is 15.4 Å². The fraction of sp³-hybridized carbons (Fsp3) is 0.304. The Morgan fingerprint density at radius 1 is 1.10 bits per heavy atom. The van der Waals surface area contributed by atoms with E-state index in [0.29, 0.717) is 5.16 Å². The number of hydrazone groups is 1. The summed E-state index contributed by atoms with van der Waals surface area (Å²) in [5, 5.41) is 7.14. The van der Waals surface area contributed by atoms with Crippen molar-refractivity contribution in [3.8, 4) is 0 Å². The average molecular weight is 420 g/mol. The van der Waals surface area contributed by atoms with Crippen LogP contribution in [0.15, 0.2) is 52.7 Å². The van der Waals surface area contributed by atoms with Crippen molar-refractivity contribution in [1.29, 1.82) is 0 Å². The van der Waals surface area contributed by atoms with Crippen LogP contribution in [0.1, 0.15) is 29.8 Å². The number of hydrogen-bond donors (Lipinski definition) is 1. The van der Waals surface area contributed by atoms with Crippen molar-refractivity contribution in [2.75, 3.05) is 23.7 Å². The maximum absolute atomic E-state index is 12.2. The molecule has 0 saturated carbocycles. The average Bonchev–Trinajstić information content (AvgIpc) is 3.26. The normalized spacial score (nSPS) is 14.0. The summed E-state index contributed by atoms with van der Waals surface area (Å²) in [6, 6.07) is 14.5. The molecule has 7 heteroatoms. The van der Waals surface area contributed by atoms with Gasteiger partial charge in [0.25, 0.3) is 5.91 Å². The number of nitrogens with zero attached hydrogens (tertiary/aromatic N) is 4. The van der Waals surface area contributed by atoms with E-state index in [-0.39, 0.29) is 11.7 Å². The number of aryl methyl sites for hydroxylation is 2. The molecule has 1 amide bonds. The summed E-state index contributed by atoms with van der Waals surface area (Å²) in [4.78, 5) is 23.3. The maximum Gasteiger partial charge on any atom is 0.250 e. The van der Waals surface area contributed by atoms with Crippen molar-refractivity contribution in [3.63, 3.8) is 0 Å². The standard InChI is InChI=1S/C23H25N5OS/c1-16-13-17(2)26-23(25-16)30-15-22(29)27-24-14-18-9-10-21(28-11-5-6-12-28)20-8-4-3-7-19(18)20/h3-4,7-10,13-14H,5-6,11-12,15H2,1-2H3,(H,27,29)/b24-14-. The molecule has 154 valence electrons. The molecule has 1 aliphatic rings. The Labute approximate surface area is 180 Å². The lowest BCUT2D eigenvalue weighted by atomic mass is 10.0. The van der Waals surface area contributed by atoms with E-state index < -0.39 is 0 Å². The van der Waals surface area contributed by atoms with Gasteiger partial charge in [-0.15, -0.1) is 0 Å². The molecule has 0 atom stereocenters. The quantitative estimate of drug-likeness (QED) is 0.282. The summed E-state index contributed by atoms with van der Waals surface area (Å²) < 4.78 is 0. The molecule has 0 bridgehead atoms. The minimum absolute atomic E-state index is 0.183. The van der Waals surface area contributed by atoms with Crippen LogP contribution in [0.2, 0.25) is 0 Å². The zero-order chi connectivity index (χ0) is 20.9. The van der Waals surface area contributed by atoms with Gasteiger partial charge in [0.15, 0.2) is 5.16 Å². The zero-order valence-electron chi connectivity index (χ0n) is 17.3. The Hall–Kier alpha value is -2.93. The Morgan fingerprint density at radius 3 is 2.53 bits per heavy atom. The summed E-state index contributed by atoms with van der Waals surface area (Å²) in [7, 11) is 0. The number of anilines is 1. The van der Waals surface area contributed by atoms with Gasteiger partial charge in [-0.25, -0.2) is 15.4 Å². The Bertz CT molecular complexity index is 1070. The highest BCUT2D eigenvalue weighted by Crippen LogP contribution is 2.31. The van der Waals surface area contributed by atoms with Crippen LogP contribution in [0.3, 0.4) is 0 Å². The van der Waals surface area contributed by atoms with E-state index in [1.165, 1.54) is 35.7 Å². The molecule has 6 nitrogen and oxygen atoms in total. The Morgan fingerprint density at radius 2 is 1.80 bits per heavy atom. The highest BCUT2D eigenvalue weighted by Gasteiger charge is 2.15. The van der Waals surface area contributed by atoms with Gasteiger partial charge in [0.05, 0.1) is 12.0 Å². The molecular weight excluding hydrogens is 394 g/mol. The van der Waals surface area contributed by atoms with Gasteiger partial charge in [0.1, 0.15) is 0 Å². The van der Waals surface area contributed by atoms with Gasteiger partial charge in [-0.3, -0.25) is 4.79 Å². The molecule has 0 spiro atoms. The zero-order valence-corrected chi connectivity index (χ0v) is 18.1. The fourth-order valence-electron chi connectivity index (χ4n) is 3.75. The van der Waals surface area contributed by atoms with Crippen LogP contribution in [-0.2, 0) is 4.79 Å². The van der Waals surface area contributed by atoms with Crippen LogP contribution in [0.4, 0.5) is 5.69 Å². The van der Waals surface area contributed by atoms with Crippen molar-refractivity contribution in [2.24, 2.45) is 5.10 Å². The smallest absolute Gasteiger partial charge is 0.250 e. The minimum Gasteiger partial charge on any atom is -0.371 e. The molecule has 1 saturated heterocycles. The molecule has 30 heavy (non-hydrogen) atoms. The molecule has 4 rings (SSSR count). The molecule has 2 heterocycles. The van der Waals surface area contributed by atoms with Crippen LogP contribution >= 0.6 is 11.8 Å². The number of nitrogens with one attached hydrogen (secondary N) is 1. The largest absolute Gasteiger partial charge is 0.371 e. The highest BCUT2D eigenvalue weighted by atomic mass is 32.2. The first-order chi connectivity index (χ1) is 14.6. The monoisotopic (exact) mass is 419 g/mol. The second-order valence-electron chi connectivity index (χ2n) is 7.43. The van der Waals surface area contributed by atoms with E-state index in [1.807, 2.05) is 26.0 Å². The molecule has 3 aromatic rings. The first kappa shape index (κ1) is 20.3. The lowest BCUT2D eigenvalue weighted by Crippen LogP contribution is -2.20. The number of aromatic nitrogens is 2. The number of hydrogen-bond acceptors (Lipinski definition) is 6. The molecule has 0 aliphatic carbocycles. The summed E-state index contributed by atoms with van der Waals surface area (Å²) >= 11 is 1.31. The Balaban J connectivity index is 1.42. The van der Waals surface area contributed by atoms with Crippen molar-refractivity contribution >= 4 is 40.3 Å². The van der Waals surface area contributed by atoms with Crippen molar-refractivity contribution < 1.29 is 4.79 Å². The minimum atomic E-state index is -0.183. The second-order valence-corrected chi connectivity index (χ2v) is 8.37. The van der Waals surface area contributed by atoms with Gasteiger partial charge < -0.3 is 4.90 Å². The molecule has 1 N–H and O–H groups in total. The predicted molar refractivity (Wildman–Crippen MR) is 123 cm³/mol. The van der Waals surface area contributed by atoms with E-state index in [1.54, 1.807) is 6.21 Å². The number of thioether (sulfide) groups is 1. The van der Waals surface area contributed by atoms with Gasteiger partial charge in [-0.2, -0.15) is 5.10 Å². The summed E-state index contributed by atoms with van der Waals surface area (Å²) in [5.74, 6) is 0.0338. The van der Waals surface area contributed by atoms with Crippen LogP contribution in [0.5, 0.6) is 0 Å². The molecule has 1 fully saturated rings. The number of amides is 1. The molecule has 0 unspecified atom stereocenters. The van der Waals surface area contributed by atoms with Crippen LogP contribution in [0, 0.1) is 13.8 Å². The first-order valence-corrected chi connectivity index (χ1v) is 11.1. The van der Waals surface area contributed by atoms with Gasteiger partial charge in [0, 0.05) is 41.1 Å². The van der Waals surface area contributed by atoms with E-state index in [2.05, 4.69) is 55.7 Å². The van der Waals surface area contributed by atoms with Crippen LogP contribution in [-0.4, -0.2) is 40.9 Å². The number of carbonyl (C=O) groups is 1. The van der Waals surface area contributed by atoms with Gasteiger partial charge in [0.2, 0.25) is 0 Å². The van der Waals surface area contributed by atoms with E-state index in [0.717, 1.165) is 35.4 Å². The van der Waals surface area contributed by atoms with Gasteiger partial charge >= 0.3 is 0 Å². The Kier molecular flexibility index (Phi) is 6.28. The van der Waals surface area contributed by atoms with Gasteiger partial charge in [-0.1, -0.05) is 42.1 Å². The molecular formula is C23H25N5OS. The molecule has 1 aromatic heterocycles. The molecule has 2 aromatic carbocycles. The van der Waals surface area contributed by atoms with Crippen LogP contribution < -0.4 is 10.3 Å². The molecule has 0 radical (unpaired) electrons. The van der Waals surface area contributed by atoms with Crippen molar-refractivity contribution in [3.05, 3.63) is 59.4 Å². The fourth-order valence-corrected chi connectivity index (χ4v) is 4.49. The predicted octanol–water partition coefficient (Wildman–Crippen LogP) is 4.09. The van der Waals surface area contributed by atoms with E-state index >= 15 is 0 Å². The van der Waals surface area contributed by atoms with Crippen LogP contribution in [0.25, 0.3) is 10.8 Å². The lowest BCUT2D eigenvalue weighted by Gasteiger charge is -2.20. The maximum atomic E-state index is 12.2. The number of fused-ring (bicyclic) bond motifs is 1. The van der Waals surface area contributed by atoms with E-state index in [4.69, 9.17) is 0 Å². The first-order valence-electron chi connectivity index (χ1n) is 10.1. The number of benzene rings is 2. The summed E-state index contributed by atoms with van der Waals surface area (Å²) in [6.45, 7) is 6.05. The third-order valence-corrected chi connectivity index (χ3v) is 5.92. The molecule has 1 aliphatic heterocycles. The van der Waals surface area contributed by atoms with E-state index in [9.17, 15) is 4.79 Å². The summed E-state index contributed by atoms with van der Waals surface area (Å²) in [5.41, 5.74) is 6.66. The van der Waals surface area contributed by atoms with Crippen molar-refractivity contribution in [2.45, 2.75) is 31.8 Å². The lowest BCUT2D eigenvalue weighted by molar-refractivity contribution is -0.118. The third kappa shape index (κ3) is 4.79. The third-order valence-electron chi connectivity index (χ3n) is 5.07. The number of carbonyl (C=O) groups excluding carboxylic acids is 1. The number of rotatable bonds is 6. The SMILES string of the molecule is Cc1cc(C)nc(SCC(=O)N/N=C\c2ccc(N3CCCC3)c3ccccc23)n1.